The molecule has 812 valence electrons. The maximum Gasteiger partial charge on any atom is 0.326 e. The Morgan fingerprint density at radius 2 is 0.687 bits per heavy atom. The van der Waals surface area contributed by atoms with E-state index in [-0.39, 0.29) is 49.5 Å². The zero-order valence-electron chi connectivity index (χ0n) is 82.3. The van der Waals surface area contributed by atoms with E-state index in [1.165, 1.54) is 58.9 Å². The molecule has 35 N–H and O–H groups in total. The highest BCUT2D eigenvalue weighted by Crippen LogP contribution is 2.17. The van der Waals surface area contributed by atoms with Gasteiger partial charge >= 0.3 is 23.9 Å². The van der Waals surface area contributed by atoms with Crippen molar-refractivity contribution in [2.75, 3.05) is 32.1 Å². The number of nitrogens with two attached hydrogens (primary N) is 4. The molecule has 0 aliphatic carbocycles. The number of carbonyl (C=O) groups excluding carboxylic acids is 19. The minimum Gasteiger partial charge on any atom is -0.508 e. The Hall–Kier alpha value is -15.3. The Morgan fingerprint density at radius 1 is 0.347 bits per heavy atom. The number of thiol groups is 1. The number of hydrogen-bond donors (Lipinski definition) is 32. The number of aromatic hydroxyl groups is 1. The molecule has 3 rings (SSSR count). The van der Waals surface area contributed by atoms with Gasteiger partial charge in [-0.25, -0.2) is 4.79 Å². The Balaban J connectivity index is 1.82. The number of aliphatic imine (C=N–C) groups is 1. The molecule has 56 heteroatoms. The van der Waals surface area contributed by atoms with E-state index < -0.39 is 345 Å². The zero-order chi connectivity index (χ0) is 111. The summed E-state index contributed by atoms with van der Waals surface area (Å²) in [6, 6.07) is -10.9. The number of nitrogens with one attached hydrogen (secondary N) is 18. The number of rotatable bonds is 65. The normalized spacial score (nSPS) is 15.2. The number of amides is 19. The van der Waals surface area contributed by atoms with Crippen LogP contribution in [-0.2, 0) is 130 Å². The molecule has 0 fully saturated rings. The molecule has 0 spiro atoms. The number of benzene rings is 3. The molecular weight excluding hydrogens is 1960 g/mol. The lowest BCUT2D eigenvalue weighted by atomic mass is 9.99. The molecule has 0 aromatic heterocycles. The number of guanidine groups is 1. The predicted molar refractivity (Wildman–Crippen MR) is 521 cm³/mol. The minimum atomic E-state index is -2.14. The van der Waals surface area contributed by atoms with Crippen LogP contribution in [0.2, 0.25) is 0 Å². The second-order valence-corrected chi connectivity index (χ2v) is 35.8. The Morgan fingerprint density at radius 3 is 1.10 bits per heavy atom. The summed E-state index contributed by atoms with van der Waals surface area (Å²) >= 11 is 4.22. The third-order valence-electron chi connectivity index (χ3n) is 21.9. The summed E-state index contributed by atoms with van der Waals surface area (Å²) in [5.74, 6) is -31.8. The topological polar surface area (TPSA) is 908 Å². The number of hydrogen-bond acceptors (Lipinski definition) is 31. The quantitative estimate of drug-likeness (QED) is 0.0108. The van der Waals surface area contributed by atoms with Crippen molar-refractivity contribution in [2.24, 2.45) is 45.7 Å². The van der Waals surface area contributed by atoms with E-state index in [0.29, 0.717) is 11.1 Å². The van der Waals surface area contributed by atoms with Crippen molar-refractivity contribution in [3.63, 3.8) is 0 Å². The largest absolute Gasteiger partial charge is 0.508 e. The maximum absolute atomic E-state index is 14.7. The number of aliphatic carboxylic acids is 4. The summed E-state index contributed by atoms with van der Waals surface area (Å²) < 4.78 is 0. The second kappa shape index (κ2) is 63.1. The van der Waals surface area contributed by atoms with Crippen LogP contribution in [0.3, 0.4) is 0 Å². The maximum atomic E-state index is 14.7. The first-order chi connectivity index (χ1) is 68.9. The molecule has 3 aromatic rings. The Kier molecular flexibility index (Phi) is 54.0. The van der Waals surface area contributed by atoms with Crippen molar-refractivity contribution < 1.29 is 156 Å². The fraction of sp³-hybridized carbons (Fsp3) is 0.538. The van der Waals surface area contributed by atoms with Gasteiger partial charge in [-0.15, -0.1) is 0 Å². The van der Waals surface area contributed by atoms with Crippen molar-refractivity contribution in [2.45, 2.75) is 261 Å². The van der Waals surface area contributed by atoms with Gasteiger partial charge in [0.1, 0.15) is 115 Å². The third kappa shape index (κ3) is 45.7. The standard InChI is InChI=1S/C91H135N23O32S/c1-41(2)30-60(90(145)146)108-82(137)58(35-67(124)125)105-80(135)57(34-64(92)120)107-87(142)70(42(3)4)113-88(143)71(43(5)6)112-74(129)45(8)98-65(121)37-97-73(128)44(7)99-77(132)54(33-50-23-25-51(119)26-24-50)104-83(138)61(38-115)110-89(144)72(47(10)118)114-84(139)62(39-116)109-75(130)52(22-17-29-96-91(94)95)100-85(140)63(40-147)111-76(131)53(27-28-66(122)123)101-78(133)55(31-48-18-13-11-14-19-48)102-79(134)56(32-49-20-15-12-16-21-49)103-81(136)59(36-68(126)127)106-86(141)69(93)46(9)117/h11-16,18-21,23-26,41-47,52-63,69-72,115-119,147H,17,22,27-40,93H2,1-10H3,(H2,92,120)(H,97,128)(H,98,121)(H,99,132)(H,100,140)(H,101,133)(H,102,134)(H,103,136)(H,104,138)(H,105,135)(H,106,141)(H,107,142)(H,108,137)(H,109,130)(H,110,144)(H,111,131)(H,112,129)(H,113,143)(H,114,139)(H,122,123)(H,124,125)(H,126,127)(H,145,146)(H4,94,95,96)/t44-,45-,46?,47+,52-,53-,54-,55-,56-,57-,58-,59-,60?,61-,62-,63-,69-,70-,71-,72-/m0/s1. The number of phenols is 1. The van der Waals surface area contributed by atoms with Crippen molar-refractivity contribution in [3.05, 3.63) is 102 Å². The van der Waals surface area contributed by atoms with E-state index in [4.69, 9.17) is 22.9 Å². The number of carbonyl (C=O) groups is 23. The van der Waals surface area contributed by atoms with E-state index in [0.717, 1.165) is 20.8 Å². The van der Waals surface area contributed by atoms with Gasteiger partial charge in [-0.05, 0) is 100.0 Å². The molecule has 19 amide bonds. The number of nitrogens with zero attached hydrogens (tertiary/aromatic N) is 1. The molecule has 0 saturated heterocycles. The molecule has 0 radical (unpaired) electrons. The number of aliphatic hydroxyl groups is 4. The van der Waals surface area contributed by atoms with Gasteiger partial charge in [0, 0.05) is 38.0 Å². The van der Waals surface area contributed by atoms with Gasteiger partial charge in [-0.1, -0.05) is 114 Å². The third-order valence-corrected chi connectivity index (χ3v) is 22.2. The zero-order valence-corrected chi connectivity index (χ0v) is 83.2. The van der Waals surface area contributed by atoms with E-state index in [1.54, 1.807) is 74.5 Å². The van der Waals surface area contributed by atoms with Crippen LogP contribution in [0.15, 0.2) is 89.9 Å². The molecule has 3 aromatic carbocycles. The smallest absolute Gasteiger partial charge is 0.326 e. The lowest BCUT2D eigenvalue weighted by Crippen LogP contribution is -2.63. The lowest BCUT2D eigenvalue weighted by molar-refractivity contribution is -0.144. The Labute approximate surface area is 848 Å². The van der Waals surface area contributed by atoms with E-state index >= 15 is 0 Å². The average molecular weight is 2100 g/mol. The van der Waals surface area contributed by atoms with Gasteiger partial charge in [-0.2, -0.15) is 12.6 Å². The van der Waals surface area contributed by atoms with Crippen LogP contribution < -0.4 is 119 Å². The first kappa shape index (κ1) is 126. The molecule has 55 nitrogen and oxygen atoms in total. The van der Waals surface area contributed by atoms with E-state index in [9.17, 15) is 156 Å². The predicted octanol–water partition coefficient (Wildman–Crippen LogP) is -11.0. The summed E-state index contributed by atoms with van der Waals surface area (Å²) in [6.07, 6.45) is -9.75. The summed E-state index contributed by atoms with van der Waals surface area (Å²) in [7, 11) is 0. The molecule has 0 bridgehead atoms. The summed E-state index contributed by atoms with van der Waals surface area (Å²) in [6.45, 7) is 9.99. The minimum absolute atomic E-state index is 0.0924. The number of aliphatic hydroxyl groups excluding tert-OH is 4. The summed E-state index contributed by atoms with van der Waals surface area (Å²) in [5.41, 5.74) is 23.2. The molecule has 20 atom stereocenters. The van der Waals surface area contributed by atoms with Gasteiger partial charge in [0.05, 0.1) is 51.2 Å². The van der Waals surface area contributed by atoms with E-state index in [2.05, 4.69) is 113 Å². The van der Waals surface area contributed by atoms with E-state index in [1.807, 2.05) is 0 Å². The van der Waals surface area contributed by atoms with Crippen molar-refractivity contribution in [1.82, 2.24) is 95.7 Å². The summed E-state index contributed by atoms with van der Waals surface area (Å²) in [4.78, 5) is 315. The molecule has 0 heterocycles. The van der Waals surface area contributed by atoms with Crippen LogP contribution in [0.1, 0.15) is 137 Å². The highest BCUT2D eigenvalue weighted by molar-refractivity contribution is 7.80. The number of carboxylic acids is 4. The highest BCUT2D eigenvalue weighted by Gasteiger charge is 2.42. The molecule has 0 aliphatic rings. The molecule has 0 saturated carbocycles. The first-order valence-corrected chi connectivity index (χ1v) is 47.0. The Bertz CT molecular complexity index is 5100. The van der Waals surface area contributed by atoms with Gasteiger partial charge in [0.15, 0.2) is 5.96 Å². The van der Waals surface area contributed by atoms with Crippen LogP contribution in [0.5, 0.6) is 5.75 Å². The molecule has 2 unspecified atom stereocenters. The fourth-order valence-corrected chi connectivity index (χ4v) is 14.0. The monoisotopic (exact) mass is 2090 g/mol. The number of primary amides is 1. The second-order valence-electron chi connectivity index (χ2n) is 35.4. The summed E-state index contributed by atoms with van der Waals surface area (Å²) in [5, 5.41) is 132. The average Bonchev–Trinajstić information content (AvgIpc) is 0.860. The number of phenolic OH excluding ortho intramolecular Hbond substituents is 1. The van der Waals surface area contributed by atoms with Gasteiger partial charge < -0.3 is 165 Å². The van der Waals surface area contributed by atoms with Gasteiger partial charge in [0.25, 0.3) is 0 Å². The van der Waals surface area contributed by atoms with Crippen molar-refractivity contribution >= 4 is 155 Å². The number of carboxylic acid groups (broad SMARTS) is 4. The van der Waals surface area contributed by atoms with Crippen LogP contribution in [0.4, 0.5) is 0 Å². The fourth-order valence-electron chi connectivity index (χ4n) is 13.7. The van der Waals surface area contributed by atoms with Crippen molar-refractivity contribution in [1.29, 1.82) is 0 Å². The van der Waals surface area contributed by atoms with Crippen LogP contribution in [0.25, 0.3) is 0 Å². The molecular formula is C91H135N23O32S. The van der Waals surface area contributed by atoms with Crippen molar-refractivity contribution in [3.8, 4) is 5.75 Å². The lowest BCUT2D eigenvalue weighted by Gasteiger charge is -2.29. The van der Waals surface area contributed by atoms with Gasteiger partial charge in [-0.3, -0.25) is 110 Å². The van der Waals surface area contributed by atoms with Crippen LogP contribution in [-0.4, -0.2) is 341 Å². The highest BCUT2D eigenvalue weighted by atomic mass is 32.1. The molecule has 0 aliphatic heterocycles. The SMILES string of the molecule is CC(C)CC(NC(=O)[C@H](CC(=O)O)NC(=O)[C@H](CC(N)=O)NC(=O)[C@@H](NC(=O)[C@@H](NC(=O)[C@H](C)NC(=O)CNC(=O)[C@H](C)NC(=O)[C@H](Cc1ccc(O)cc1)NC(=O)[C@H](CO)NC(=O)[C@@H](NC(=O)[C@H](CO)NC(=O)[C@H](CCCN=C(N)N)NC(=O)[C@H](CS)NC(=O)[C@H](CCC(=O)O)NC(=O)[C@H](Cc1ccccc1)NC(=O)[C@H](Cc1ccccc1)NC(=O)[C@H](CC(=O)O)NC(=O)[C@@H](N)C(C)O)[C@@H](C)O)C(C)C)C(C)C)C(=O)O. The van der Waals surface area contributed by atoms with Crippen LogP contribution >= 0.6 is 12.6 Å². The molecule has 147 heavy (non-hydrogen) atoms. The van der Waals surface area contributed by atoms with Gasteiger partial charge in [0.2, 0.25) is 112 Å². The van der Waals surface area contributed by atoms with Crippen LogP contribution in [0, 0.1) is 17.8 Å². The first-order valence-electron chi connectivity index (χ1n) is 46.4.